The number of hydrogen-bond acceptors (Lipinski definition) is 9. The summed E-state index contributed by atoms with van der Waals surface area (Å²) in [6.07, 6.45) is 0.761. The van der Waals surface area contributed by atoms with Gasteiger partial charge < -0.3 is 34.3 Å². The molecule has 0 amide bonds. The molecule has 4 aromatic rings. The van der Waals surface area contributed by atoms with Crippen LogP contribution in [0.15, 0.2) is 54.9 Å². The average Bonchev–Trinajstić information content (AvgIpc) is 3.28. The first kappa shape index (κ1) is 32.5. The van der Waals surface area contributed by atoms with E-state index in [1.165, 1.54) is 4.57 Å². The Bertz CT molecular complexity index is 1750. The number of rotatable bonds is 11. The van der Waals surface area contributed by atoms with E-state index in [0.717, 1.165) is 36.0 Å². The van der Waals surface area contributed by atoms with E-state index < -0.39 is 25.2 Å². The van der Waals surface area contributed by atoms with Crippen LogP contribution in [0.5, 0.6) is 5.88 Å². The third-order valence-electron chi connectivity index (χ3n) is 7.47. The van der Waals surface area contributed by atoms with E-state index in [1.54, 1.807) is 57.4 Å². The van der Waals surface area contributed by atoms with Crippen LogP contribution < -0.4 is 10.6 Å². The smallest absolute Gasteiger partial charge is 0.421 e. The van der Waals surface area contributed by atoms with Crippen LogP contribution in [0.2, 0.25) is 0 Å². The van der Waals surface area contributed by atoms with Crippen molar-refractivity contribution >= 4 is 47.1 Å². The molecule has 2 aromatic carbocycles. The van der Waals surface area contributed by atoms with E-state index in [2.05, 4.69) is 31.6 Å². The van der Waals surface area contributed by atoms with Crippen molar-refractivity contribution in [2.24, 2.45) is 7.05 Å². The second-order valence-corrected chi connectivity index (χ2v) is 12.8. The molecule has 0 radical (unpaired) electrons. The van der Waals surface area contributed by atoms with Crippen molar-refractivity contribution < 1.29 is 31.9 Å². The second-order valence-electron chi connectivity index (χ2n) is 10.8. The Hall–Kier alpha value is -3.90. The minimum absolute atomic E-state index is 0.0748. The molecule has 10 nitrogen and oxygen atoms in total. The average molecular weight is 645 g/mol. The van der Waals surface area contributed by atoms with Gasteiger partial charge in [0, 0.05) is 43.6 Å². The lowest BCUT2D eigenvalue weighted by molar-refractivity contribution is -0.137. The molecular weight excluding hydrogens is 608 g/mol. The topological polar surface area (TPSA) is 114 Å². The molecule has 3 N–H and O–H groups in total. The van der Waals surface area contributed by atoms with Crippen molar-refractivity contribution in [3.05, 3.63) is 71.6 Å². The van der Waals surface area contributed by atoms with Gasteiger partial charge in [-0.2, -0.15) is 18.2 Å². The summed E-state index contributed by atoms with van der Waals surface area (Å²) in [6, 6.07) is 10.3. The molecule has 0 saturated heterocycles. The van der Waals surface area contributed by atoms with Gasteiger partial charge in [0.25, 0.3) is 0 Å². The van der Waals surface area contributed by atoms with Gasteiger partial charge in [0.05, 0.1) is 30.4 Å². The molecule has 14 heteroatoms. The zero-order valence-corrected chi connectivity index (χ0v) is 26.4. The highest BCUT2D eigenvalue weighted by Crippen LogP contribution is 2.51. The van der Waals surface area contributed by atoms with Crippen LogP contribution in [0, 0.1) is 0 Å². The minimum Gasteiger partial charge on any atom is -0.494 e. The Kier molecular flexibility index (Phi) is 9.54. The highest BCUT2D eigenvalue weighted by Gasteiger charge is 2.36. The largest absolute Gasteiger partial charge is 0.494 e. The minimum atomic E-state index is -4.74. The SMILES string of the molecule is CCOP(=O)(Cc1ccc(Nc2ncc(C(F)(F)F)c(Nc3ccc(C4=CCN(C)CC4)c4cn(C)c(O)c34)n2)cc1)OCC. The fraction of sp³-hybridized carbons (Fsp3) is 0.355. The summed E-state index contributed by atoms with van der Waals surface area (Å²) in [6.45, 7) is 5.62. The Labute approximate surface area is 259 Å². The second kappa shape index (κ2) is 13.2. The van der Waals surface area contributed by atoms with Crippen LogP contribution in [-0.4, -0.2) is 57.9 Å². The molecule has 3 heterocycles. The maximum absolute atomic E-state index is 14.1. The molecule has 0 fully saturated rings. The maximum atomic E-state index is 14.1. The number of alkyl halides is 3. The molecule has 5 rings (SSSR count). The van der Waals surface area contributed by atoms with E-state index in [1.807, 2.05) is 13.1 Å². The number of hydrogen-bond donors (Lipinski definition) is 3. The van der Waals surface area contributed by atoms with Crippen molar-refractivity contribution in [2.45, 2.75) is 32.6 Å². The van der Waals surface area contributed by atoms with E-state index >= 15 is 0 Å². The first-order chi connectivity index (χ1) is 21.4. The van der Waals surface area contributed by atoms with Crippen LogP contribution in [0.4, 0.5) is 36.3 Å². The molecule has 2 aromatic heterocycles. The number of aromatic hydroxyl groups is 1. The molecule has 0 unspecified atom stereocenters. The highest BCUT2D eigenvalue weighted by molar-refractivity contribution is 7.53. The zero-order valence-electron chi connectivity index (χ0n) is 25.5. The summed E-state index contributed by atoms with van der Waals surface area (Å²) < 4.78 is 67.4. The molecule has 0 spiro atoms. The molecule has 0 aliphatic carbocycles. The predicted octanol–water partition coefficient (Wildman–Crippen LogP) is 7.66. The third kappa shape index (κ3) is 7.33. The van der Waals surface area contributed by atoms with Crippen LogP contribution >= 0.6 is 7.60 Å². The predicted molar refractivity (Wildman–Crippen MR) is 169 cm³/mol. The number of fused-ring (bicyclic) bond motifs is 1. The van der Waals surface area contributed by atoms with E-state index in [0.29, 0.717) is 22.8 Å². The summed E-state index contributed by atoms with van der Waals surface area (Å²) in [7, 11) is 0.412. The van der Waals surface area contributed by atoms with Gasteiger partial charge in [-0.3, -0.25) is 4.57 Å². The summed E-state index contributed by atoms with van der Waals surface area (Å²) in [5.41, 5.74) is 2.45. The Morgan fingerprint density at radius 2 is 1.76 bits per heavy atom. The first-order valence-corrected chi connectivity index (χ1v) is 16.3. The standard InChI is InChI=1S/C31H36F3N6O4P/c1-5-43-45(42,44-6-2)19-20-7-9-22(10-8-20)36-30-35-17-25(31(32,33)34)28(38-30)37-26-12-11-23(21-13-15-39(3)16-14-21)24-18-40(4)29(41)27(24)26/h7-13,17-18,41H,5-6,14-16,19H2,1-4H3,(H2,35,36,37,38). The van der Waals surface area contributed by atoms with Gasteiger partial charge in [0.1, 0.15) is 11.4 Å². The van der Waals surface area contributed by atoms with Crippen LogP contribution in [0.1, 0.15) is 37.0 Å². The summed E-state index contributed by atoms with van der Waals surface area (Å²) in [5, 5.41) is 17.8. The summed E-state index contributed by atoms with van der Waals surface area (Å²) in [4.78, 5) is 10.3. The van der Waals surface area contributed by atoms with Crippen molar-refractivity contribution in [1.82, 2.24) is 19.4 Å². The fourth-order valence-corrected chi connectivity index (χ4v) is 6.97. The Balaban J connectivity index is 1.45. The van der Waals surface area contributed by atoms with Gasteiger partial charge >= 0.3 is 13.8 Å². The van der Waals surface area contributed by atoms with Crippen molar-refractivity contribution in [2.75, 3.05) is 44.0 Å². The van der Waals surface area contributed by atoms with Gasteiger partial charge in [-0.15, -0.1) is 0 Å². The van der Waals surface area contributed by atoms with Gasteiger partial charge in [-0.05, 0) is 62.2 Å². The molecule has 1 aliphatic heterocycles. The van der Waals surface area contributed by atoms with Crippen molar-refractivity contribution in [3.8, 4) is 5.88 Å². The summed E-state index contributed by atoms with van der Waals surface area (Å²) in [5.74, 6) is -0.627. The molecule has 0 saturated carbocycles. The summed E-state index contributed by atoms with van der Waals surface area (Å²) >= 11 is 0. The number of likely N-dealkylation sites (N-methyl/N-ethyl adjacent to an activating group) is 1. The number of nitrogens with zero attached hydrogens (tertiary/aromatic N) is 4. The fourth-order valence-electron chi connectivity index (χ4n) is 5.27. The number of benzene rings is 2. The van der Waals surface area contributed by atoms with Gasteiger partial charge in [0.2, 0.25) is 11.8 Å². The van der Waals surface area contributed by atoms with Gasteiger partial charge in [0.15, 0.2) is 0 Å². The van der Waals surface area contributed by atoms with Crippen molar-refractivity contribution in [3.63, 3.8) is 0 Å². The Morgan fingerprint density at radius 3 is 2.38 bits per heavy atom. The van der Waals surface area contributed by atoms with Gasteiger partial charge in [-0.1, -0.05) is 24.3 Å². The zero-order chi connectivity index (χ0) is 32.4. The molecular formula is C31H36F3N6O4P. The molecule has 0 bridgehead atoms. The Morgan fingerprint density at radius 1 is 1.04 bits per heavy atom. The lowest BCUT2D eigenvalue weighted by atomic mass is 9.95. The monoisotopic (exact) mass is 644 g/mol. The highest BCUT2D eigenvalue weighted by atomic mass is 31.2. The van der Waals surface area contributed by atoms with E-state index in [4.69, 9.17) is 9.05 Å². The van der Waals surface area contributed by atoms with Gasteiger partial charge in [-0.25, -0.2) is 4.98 Å². The number of anilines is 4. The maximum Gasteiger partial charge on any atom is 0.421 e. The lowest BCUT2D eigenvalue weighted by Crippen LogP contribution is -2.23. The normalized spacial score (nSPS) is 14.5. The van der Waals surface area contributed by atoms with Crippen LogP contribution in [0.25, 0.3) is 16.3 Å². The number of halogens is 3. The molecule has 240 valence electrons. The molecule has 0 atom stereocenters. The van der Waals surface area contributed by atoms with E-state index in [-0.39, 0.29) is 36.9 Å². The lowest BCUT2D eigenvalue weighted by Gasteiger charge is -2.23. The number of nitrogens with one attached hydrogen (secondary N) is 2. The van der Waals surface area contributed by atoms with Crippen molar-refractivity contribution in [1.29, 1.82) is 0 Å². The number of aryl methyl sites for hydroxylation is 1. The quantitative estimate of drug-likeness (QED) is 0.142. The van der Waals surface area contributed by atoms with Crippen LogP contribution in [-0.2, 0) is 33.0 Å². The molecule has 1 aliphatic rings. The number of aromatic nitrogens is 3. The molecule has 45 heavy (non-hydrogen) atoms. The third-order valence-corrected chi connectivity index (χ3v) is 9.52. The van der Waals surface area contributed by atoms with E-state index in [9.17, 15) is 22.8 Å². The first-order valence-electron chi connectivity index (χ1n) is 14.5. The van der Waals surface area contributed by atoms with Crippen LogP contribution in [0.3, 0.4) is 0 Å².